The van der Waals surface area contributed by atoms with Crippen LogP contribution in [-0.4, -0.2) is 6.04 Å². The van der Waals surface area contributed by atoms with E-state index in [2.05, 4.69) is 51.1 Å². The van der Waals surface area contributed by atoms with Crippen molar-refractivity contribution in [2.45, 2.75) is 83.6 Å². The first kappa shape index (κ1) is 20.5. The third kappa shape index (κ3) is 5.64. The van der Waals surface area contributed by atoms with Gasteiger partial charge < -0.3 is 5.73 Å². The van der Waals surface area contributed by atoms with Gasteiger partial charge in [0.1, 0.15) is 0 Å². The summed E-state index contributed by atoms with van der Waals surface area (Å²) in [5.41, 5.74) is 8.33. The quantitative estimate of drug-likeness (QED) is 0.538. The lowest BCUT2D eigenvalue weighted by molar-refractivity contribution is 0.273. The van der Waals surface area contributed by atoms with Gasteiger partial charge in [-0.15, -0.1) is 12.4 Å². The highest BCUT2D eigenvalue weighted by atomic mass is 35.5. The largest absolute Gasteiger partial charge is 0.327 e. The topological polar surface area (TPSA) is 26.0 Å². The molecule has 0 aliphatic carbocycles. The second-order valence-corrected chi connectivity index (χ2v) is 6.12. The van der Waals surface area contributed by atoms with Crippen LogP contribution in [0.2, 0.25) is 0 Å². The lowest BCUT2D eigenvalue weighted by Gasteiger charge is -2.40. The van der Waals surface area contributed by atoms with E-state index in [4.69, 9.17) is 5.73 Å². The number of hydrogen-bond acceptors (Lipinski definition) is 1. The lowest BCUT2D eigenvalue weighted by Crippen LogP contribution is -2.45. The molecule has 0 aliphatic rings. The second-order valence-electron chi connectivity index (χ2n) is 6.12. The maximum atomic E-state index is 6.70. The predicted octanol–water partition coefficient (Wildman–Crippen LogP) is 5.85. The molecule has 1 atom stereocenters. The van der Waals surface area contributed by atoms with E-state index < -0.39 is 0 Å². The van der Waals surface area contributed by atoms with Crippen molar-refractivity contribution in [3.05, 3.63) is 35.9 Å². The Morgan fingerprint density at radius 3 is 1.95 bits per heavy atom. The van der Waals surface area contributed by atoms with Crippen LogP contribution in [0.3, 0.4) is 0 Å². The molecule has 0 fully saturated rings. The summed E-state index contributed by atoms with van der Waals surface area (Å²) in [6.07, 6.45) is 9.81. The second kappa shape index (κ2) is 11.1. The van der Waals surface area contributed by atoms with Crippen LogP contribution in [0.1, 0.15) is 77.7 Å². The Morgan fingerprint density at radius 1 is 0.905 bits per heavy atom. The minimum absolute atomic E-state index is 0. The van der Waals surface area contributed by atoms with Crippen LogP contribution in [0, 0.1) is 0 Å². The molecule has 0 aliphatic heterocycles. The fraction of sp³-hybridized carbons (Fsp3) is 0.684. The maximum Gasteiger partial charge on any atom is 0.0136 e. The summed E-state index contributed by atoms with van der Waals surface area (Å²) in [4.78, 5) is 0. The highest BCUT2D eigenvalue weighted by Gasteiger charge is 2.36. The minimum Gasteiger partial charge on any atom is -0.327 e. The van der Waals surface area contributed by atoms with Crippen LogP contribution < -0.4 is 5.73 Å². The molecule has 1 nitrogen and oxygen atoms in total. The predicted molar refractivity (Wildman–Crippen MR) is 97.3 cm³/mol. The van der Waals surface area contributed by atoms with Gasteiger partial charge in [0.05, 0.1) is 0 Å². The molecule has 0 saturated carbocycles. The first-order valence-corrected chi connectivity index (χ1v) is 8.52. The summed E-state index contributed by atoms with van der Waals surface area (Å²) >= 11 is 0. The summed E-state index contributed by atoms with van der Waals surface area (Å²) in [6.45, 7) is 6.83. The molecule has 1 rings (SSSR count). The summed E-state index contributed by atoms with van der Waals surface area (Å²) < 4.78 is 0. The van der Waals surface area contributed by atoms with Gasteiger partial charge in [-0.05, 0) is 24.8 Å². The zero-order chi connectivity index (χ0) is 14.8. The minimum atomic E-state index is 0. The summed E-state index contributed by atoms with van der Waals surface area (Å²) in [7, 11) is 0. The summed E-state index contributed by atoms with van der Waals surface area (Å²) in [5, 5.41) is 0. The van der Waals surface area contributed by atoms with Crippen LogP contribution in [0.4, 0.5) is 0 Å². The Kier molecular flexibility index (Phi) is 10.8. The van der Waals surface area contributed by atoms with Gasteiger partial charge in [-0.2, -0.15) is 0 Å². The van der Waals surface area contributed by atoms with Crippen molar-refractivity contribution < 1.29 is 0 Å². The normalized spacial score (nSPS) is 12.8. The molecule has 0 bridgehead atoms. The van der Waals surface area contributed by atoms with Crippen LogP contribution in [-0.2, 0) is 5.41 Å². The van der Waals surface area contributed by atoms with E-state index in [-0.39, 0.29) is 23.9 Å². The van der Waals surface area contributed by atoms with Crippen molar-refractivity contribution in [1.82, 2.24) is 0 Å². The molecule has 0 spiro atoms. The average molecular weight is 312 g/mol. The van der Waals surface area contributed by atoms with Gasteiger partial charge in [0.2, 0.25) is 0 Å². The number of rotatable bonds is 10. The van der Waals surface area contributed by atoms with Crippen molar-refractivity contribution in [2.24, 2.45) is 5.73 Å². The molecule has 0 heterocycles. The van der Waals surface area contributed by atoms with E-state index in [0.717, 1.165) is 6.42 Å². The molecule has 1 aromatic carbocycles. The molecule has 0 amide bonds. The Bertz CT molecular complexity index is 344. The molecule has 2 heteroatoms. The number of unbranched alkanes of at least 4 members (excludes halogenated alkanes) is 2. The fourth-order valence-electron chi connectivity index (χ4n) is 3.55. The summed E-state index contributed by atoms with van der Waals surface area (Å²) in [5.74, 6) is 0. The number of benzene rings is 1. The average Bonchev–Trinajstić information content (AvgIpc) is 2.48. The Morgan fingerprint density at radius 2 is 1.48 bits per heavy atom. The summed E-state index contributed by atoms with van der Waals surface area (Å²) in [6, 6.07) is 11.3. The zero-order valence-electron chi connectivity index (χ0n) is 14.1. The van der Waals surface area contributed by atoms with Crippen LogP contribution >= 0.6 is 12.4 Å². The van der Waals surface area contributed by atoms with Gasteiger partial charge in [-0.25, -0.2) is 0 Å². The van der Waals surface area contributed by atoms with E-state index in [1.165, 1.54) is 50.5 Å². The van der Waals surface area contributed by atoms with E-state index in [1.807, 2.05) is 0 Å². The van der Waals surface area contributed by atoms with Crippen LogP contribution in [0.15, 0.2) is 30.3 Å². The van der Waals surface area contributed by atoms with Crippen molar-refractivity contribution in [3.63, 3.8) is 0 Å². The molecule has 122 valence electrons. The van der Waals surface area contributed by atoms with Gasteiger partial charge >= 0.3 is 0 Å². The molecule has 0 saturated heterocycles. The first-order valence-electron chi connectivity index (χ1n) is 8.52. The Balaban J connectivity index is 0.00000400. The maximum absolute atomic E-state index is 6.70. The number of hydrogen-bond donors (Lipinski definition) is 1. The van der Waals surface area contributed by atoms with Crippen molar-refractivity contribution in [3.8, 4) is 0 Å². The van der Waals surface area contributed by atoms with Gasteiger partial charge in [0.25, 0.3) is 0 Å². The molecule has 1 unspecified atom stereocenters. The number of halogens is 1. The SMILES string of the molecule is CCCCCC(N)C(CCC)(CCC)c1ccccc1.Cl. The van der Waals surface area contributed by atoms with E-state index in [0.29, 0.717) is 0 Å². The van der Waals surface area contributed by atoms with Crippen LogP contribution in [0.25, 0.3) is 0 Å². The van der Waals surface area contributed by atoms with Crippen molar-refractivity contribution in [2.75, 3.05) is 0 Å². The standard InChI is InChI=1S/C19H33N.ClH/c1-4-7-9-14-18(20)19(15-5-2,16-6-3)17-12-10-8-11-13-17;/h8,10-13,18H,4-7,9,14-16,20H2,1-3H3;1H. The van der Waals surface area contributed by atoms with E-state index >= 15 is 0 Å². The van der Waals surface area contributed by atoms with E-state index in [1.54, 1.807) is 0 Å². The van der Waals surface area contributed by atoms with E-state index in [9.17, 15) is 0 Å². The molecular weight excluding hydrogens is 278 g/mol. The molecule has 2 N–H and O–H groups in total. The molecule has 0 aromatic heterocycles. The van der Waals surface area contributed by atoms with Gasteiger partial charge in [-0.1, -0.05) is 83.2 Å². The van der Waals surface area contributed by atoms with Crippen molar-refractivity contribution in [1.29, 1.82) is 0 Å². The highest BCUT2D eigenvalue weighted by Crippen LogP contribution is 2.38. The molecule has 1 aromatic rings. The smallest absolute Gasteiger partial charge is 0.0136 e. The third-order valence-electron chi connectivity index (χ3n) is 4.57. The lowest BCUT2D eigenvalue weighted by atomic mass is 9.67. The van der Waals surface area contributed by atoms with Crippen LogP contribution in [0.5, 0.6) is 0 Å². The fourth-order valence-corrected chi connectivity index (χ4v) is 3.55. The third-order valence-corrected chi connectivity index (χ3v) is 4.57. The Labute approximate surface area is 138 Å². The Hall–Kier alpha value is -0.530. The zero-order valence-corrected chi connectivity index (χ0v) is 14.9. The van der Waals surface area contributed by atoms with Gasteiger partial charge in [-0.3, -0.25) is 0 Å². The highest BCUT2D eigenvalue weighted by molar-refractivity contribution is 5.85. The molecule has 0 radical (unpaired) electrons. The number of nitrogens with two attached hydrogens (primary N) is 1. The van der Waals surface area contributed by atoms with Gasteiger partial charge in [0, 0.05) is 11.5 Å². The molecule has 21 heavy (non-hydrogen) atoms. The molecular formula is C19H34ClN. The monoisotopic (exact) mass is 311 g/mol. The van der Waals surface area contributed by atoms with Gasteiger partial charge in [0.15, 0.2) is 0 Å². The first-order chi connectivity index (χ1) is 9.71. The van der Waals surface area contributed by atoms with Crippen molar-refractivity contribution >= 4 is 12.4 Å².